The zero-order chi connectivity index (χ0) is 18.7. The van der Waals surface area contributed by atoms with Gasteiger partial charge in [0, 0.05) is 36.6 Å². The van der Waals surface area contributed by atoms with E-state index in [9.17, 15) is 9.59 Å². The van der Waals surface area contributed by atoms with Crippen molar-refractivity contribution in [2.24, 2.45) is 14.1 Å². The van der Waals surface area contributed by atoms with Crippen molar-refractivity contribution in [1.82, 2.24) is 9.13 Å². The largest absolute Gasteiger partial charge is 0.330 e. The van der Waals surface area contributed by atoms with Crippen LogP contribution >= 0.6 is 23.4 Å². The van der Waals surface area contributed by atoms with Crippen molar-refractivity contribution >= 4 is 23.4 Å². The Kier molecular flexibility index (Phi) is 5.69. The number of halogens is 1. The van der Waals surface area contributed by atoms with E-state index in [0.29, 0.717) is 16.5 Å². The highest BCUT2D eigenvalue weighted by atomic mass is 35.5. The summed E-state index contributed by atoms with van der Waals surface area (Å²) < 4.78 is 2.64. The second-order valence-electron chi connectivity index (χ2n) is 6.03. The van der Waals surface area contributed by atoms with Gasteiger partial charge in [0.2, 0.25) is 0 Å². The Hall–Kier alpha value is -2.24. The molecule has 0 aliphatic heterocycles. The monoisotopic (exact) mass is 386 g/mol. The summed E-state index contributed by atoms with van der Waals surface area (Å²) in [6.45, 7) is 0. The number of hydrogen-bond donors (Lipinski definition) is 0. The Morgan fingerprint density at radius 1 is 0.923 bits per heavy atom. The van der Waals surface area contributed by atoms with Gasteiger partial charge in [0.1, 0.15) is 0 Å². The fourth-order valence-electron chi connectivity index (χ4n) is 2.74. The van der Waals surface area contributed by atoms with Crippen LogP contribution in [0.2, 0.25) is 5.02 Å². The lowest BCUT2D eigenvalue weighted by Crippen LogP contribution is -2.37. The van der Waals surface area contributed by atoms with Crippen molar-refractivity contribution in [2.75, 3.05) is 0 Å². The maximum Gasteiger partial charge on any atom is 0.330 e. The predicted molar refractivity (Wildman–Crippen MR) is 108 cm³/mol. The van der Waals surface area contributed by atoms with E-state index in [4.69, 9.17) is 11.6 Å². The van der Waals surface area contributed by atoms with E-state index >= 15 is 0 Å². The molecular weight excluding hydrogens is 368 g/mol. The van der Waals surface area contributed by atoms with E-state index in [1.54, 1.807) is 18.8 Å². The molecular formula is C20H19ClN2O2S. The zero-order valence-corrected chi connectivity index (χ0v) is 16.1. The van der Waals surface area contributed by atoms with Gasteiger partial charge in [0.15, 0.2) is 0 Å². The van der Waals surface area contributed by atoms with Crippen LogP contribution in [0.15, 0.2) is 70.3 Å². The lowest BCUT2D eigenvalue weighted by Gasteiger charge is -2.19. The normalized spacial score (nSPS) is 12.1. The van der Waals surface area contributed by atoms with Crippen LogP contribution < -0.4 is 11.2 Å². The summed E-state index contributed by atoms with van der Waals surface area (Å²) in [7, 11) is 3.18. The molecule has 6 heteroatoms. The first kappa shape index (κ1) is 18.5. The third-order valence-electron chi connectivity index (χ3n) is 4.30. The standard InChI is InChI=1S/C20H19ClN2O2S/c1-22-17(12-18(24)23(2)20(22)25)13-26-19(14-6-4-3-5-7-14)15-8-10-16(21)11-9-15/h3-12,19H,13H2,1-2H3. The first-order chi connectivity index (χ1) is 12.5. The molecule has 3 rings (SSSR count). The zero-order valence-electron chi connectivity index (χ0n) is 14.6. The van der Waals surface area contributed by atoms with Crippen molar-refractivity contribution in [3.05, 3.63) is 103 Å². The van der Waals surface area contributed by atoms with Crippen LogP contribution in [0.3, 0.4) is 0 Å². The second-order valence-corrected chi connectivity index (χ2v) is 7.56. The quantitative estimate of drug-likeness (QED) is 0.670. The minimum absolute atomic E-state index is 0.0765. The van der Waals surface area contributed by atoms with Gasteiger partial charge < -0.3 is 0 Å². The minimum Gasteiger partial charge on any atom is -0.300 e. The summed E-state index contributed by atoms with van der Waals surface area (Å²) in [5, 5.41) is 0.771. The molecule has 0 N–H and O–H groups in total. The predicted octanol–water partition coefficient (Wildman–Crippen LogP) is 3.76. The first-order valence-corrected chi connectivity index (χ1v) is 9.58. The van der Waals surface area contributed by atoms with E-state index in [0.717, 1.165) is 15.7 Å². The molecule has 0 radical (unpaired) electrons. The van der Waals surface area contributed by atoms with Crippen molar-refractivity contribution in [2.45, 2.75) is 11.0 Å². The molecule has 1 aromatic heterocycles. The summed E-state index contributed by atoms with van der Waals surface area (Å²) in [5.41, 5.74) is 2.40. The molecule has 1 unspecified atom stereocenters. The van der Waals surface area contributed by atoms with E-state index < -0.39 is 0 Å². The molecule has 0 saturated carbocycles. The van der Waals surface area contributed by atoms with Gasteiger partial charge >= 0.3 is 5.69 Å². The molecule has 1 atom stereocenters. The summed E-state index contributed by atoms with van der Waals surface area (Å²) in [4.78, 5) is 24.1. The highest BCUT2D eigenvalue weighted by molar-refractivity contribution is 7.98. The molecule has 0 bridgehead atoms. The number of thioether (sulfide) groups is 1. The number of rotatable bonds is 5. The summed E-state index contributed by atoms with van der Waals surface area (Å²) in [5.74, 6) is 0.546. The molecule has 0 fully saturated rings. The van der Waals surface area contributed by atoms with Gasteiger partial charge in [-0.3, -0.25) is 13.9 Å². The fourth-order valence-corrected chi connectivity index (χ4v) is 4.18. The van der Waals surface area contributed by atoms with Crippen molar-refractivity contribution in [1.29, 1.82) is 0 Å². The topological polar surface area (TPSA) is 44.0 Å². The fraction of sp³-hybridized carbons (Fsp3) is 0.200. The highest BCUT2D eigenvalue weighted by Crippen LogP contribution is 2.37. The lowest BCUT2D eigenvalue weighted by molar-refractivity contribution is 0.665. The van der Waals surface area contributed by atoms with Crippen molar-refractivity contribution in [3.8, 4) is 0 Å². The molecule has 0 saturated heterocycles. The lowest BCUT2D eigenvalue weighted by atomic mass is 10.0. The van der Waals surface area contributed by atoms with E-state index in [1.807, 2.05) is 42.5 Å². The molecule has 134 valence electrons. The second kappa shape index (κ2) is 7.98. The summed E-state index contributed by atoms with van der Waals surface area (Å²) in [6.07, 6.45) is 0. The van der Waals surface area contributed by atoms with Crippen LogP contribution in [0.25, 0.3) is 0 Å². The van der Waals surface area contributed by atoms with E-state index in [1.165, 1.54) is 17.7 Å². The molecule has 3 aromatic rings. The van der Waals surface area contributed by atoms with Crippen molar-refractivity contribution < 1.29 is 0 Å². The van der Waals surface area contributed by atoms with Crippen molar-refractivity contribution in [3.63, 3.8) is 0 Å². The highest BCUT2D eigenvalue weighted by Gasteiger charge is 2.16. The molecule has 26 heavy (non-hydrogen) atoms. The van der Waals surface area contributed by atoms with Crippen LogP contribution in [0.5, 0.6) is 0 Å². The Morgan fingerprint density at radius 3 is 2.19 bits per heavy atom. The third kappa shape index (κ3) is 3.94. The maximum absolute atomic E-state index is 12.1. The Morgan fingerprint density at radius 2 is 1.54 bits per heavy atom. The van der Waals surface area contributed by atoms with E-state index in [2.05, 4.69) is 12.1 Å². The SMILES string of the molecule is Cn1c(CSC(c2ccccc2)c2ccc(Cl)cc2)cc(=O)n(C)c1=O. The van der Waals surface area contributed by atoms with Gasteiger partial charge in [-0.2, -0.15) is 0 Å². The molecule has 2 aromatic carbocycles. The number of benzene rings is 2. The van der Waals surface area contributed by atoms with Gasteiger partial charge in [0.05, 0.1) is 5.25 Å². The number of hydrogen-bond acceptors (Lipinski definition) is 3. The molecule has 0 spiro atoms. The molecule has 0 aliphatic rings. The van der Waals surface area contributed by atoms with Crippen LogP contribution in [-0.2, 0) is 19.8 Å². The van der Waals surface area contributed by atoms with Gasteiger partial charge in [-0.25, -0.2) is 4.79 Å². The van der Waals surface area contributed by atoms with Crippen LogP contribution in [0.4, 0.5) is 0 Å². The average Bonchev–Trinajstić information content (AvgIpc) is 2.66. The number of nitrogens with zero attached hydrogens (tertiary/aromatic N) is 2. The number of aromatic nitrogens is 2. The molecule has 0 aliphatic carbocycles. The average molecular weight is 387 g/mol. The van der Waals surface area contributed by atoms with Gasteiger partial charge in [-0.15, -0.1) is 11.8 Å². The summed E-state index contributed by atoms with van der Waals surface area (Å²) in [6, 6.07) is 19.5. The smallest absolute Gasteiger partial charge is 0.300 e. The van der Waals surface area contributed by atoms with Gasteiger partial charge in [-0.05, 0) is 23.3 Å². The maximum atomic E-state index is 12.1. The third-order valence-corrected chi connectivity index (χ3v) is 5.89. The van der Waals surface area contributed by atoms with Crippen LogP contribution in [0.1, 0.15) is 22.1 Å². The molecule has 0 amide bonds. The van der Waals surface area contributed by atoms with Crippen LogP contribution in [0, 0.1) is 0 Å². The first-order valence-electron chi connectivity index (χ1n) is 8.15. The summed E-state index contributed by atoms with van der Waals surface area (Å²) >= 11 is 7.70. The molecule has 1 heterocycles. The van der Waals surface area contributed by atoms with E-state index in [-0.39, 0.29) is 16.5 Å². The minimum atomic E-state index is -0.309. The Labute approximate surface area is 161 Å². The molecule has 4 nitrogen and oxygen atoms in total. The Balaban J connectivity index is 1.94. The van der Waals surface area contributed by atoms with Gasteiger partial charge in [0.25, 0.3) is 5.56 Å². The van der Waals surface area contributed by atoms with Crippen LogP contribution in [-0.4, -0.2) is 9.13 Å². The van der Waals surface area contributed by atoms with Gasteiger partial charge in [-0.1, -0.05) is 54.1 Å². The Bertz CT molecular complexity index is 1010.